The van der Waals surface area contributed by atoms with Gasteiger partial charge in [0.2, 0.25) is 0 Å². The summed E-state index contributed by atoms with van der Waals surface area (Å²) in [5, 5.41) is -0.424. The van der Waals surface area contributed by atoms with Crippen molar-refractivity contribution < 1.29 is 19.1 Å². The van der Waals surface area contributed by atoms with Crippen LogP contribution in [0.4, 0.5) is 0 Å². The number of hydrogen-bond acceptors (Lipinski definition) is 4. The lowest BCUT2D eigenvalue weighted by Crippen LogP contribution is -2.12. The molecule has 0 spiro atoms. The topological polar surface area (TPSA) is 52.6 Å². The maximum atomic E-state index is 11.1. The molecule has 0 radical (unpaired) electrons. The van der Waals surface area contributed by atoms with Crippen molar-refractivity contribution in [1.82, 2.24) is 0 Å². The van der Waals surface area contributed by atoms with E-state index in [1.807, 2.05) is 0 Å². The van der Waals surface area contributed by atoms with Crippen molar-refractivity contribution >= 4 is 35.1 Å². The minimum Gasteiger partial charge on any atom is -0.466 e. The number of alkyl halides is 2. The molecule has 18 heavy (non-hydrogen) atoms. The molecule has 0 aromatic heterocycles. The molecule has 0 N–H and O–H groups in total. The standard InChI is InChI=1S/C12H20Cl2O4/c1-9(13)7-11(15)17-5-3-4-6-18-12(16)8-10(2)14/h9-10H,3-8H2,1-2H3. The molecule has 0 aliphatic rings. The fourth-order valence-corrected chi connectivity index (χ4v) is 1.41. The normalized spacial score (nSPS) is 13.8. The Morgan fingerprint density at radius 2 is 1.22 bits per heavy atom. The summed E-state index contributed by atoms with van der Waals surface area (Å²) in [6.45, 7) is 4.12. The SMILES string of the molecule is CC(Cl)CC(=O)OCCCCOC(=O)CC(C)Cl. The van der Waals surface area contributed by atoms with Crippen molar-refractivity contribution in [3.05, 3.63) is 0 Å². The van der Waals surface area contributed by atoms with Gasteiger partial charge >= 0.3 is 11.9 Å². The van der Waals surface area contributed by atoms with E-state index in [0.29, 0.717) is 26.1 Å². The Hall–Kier alpha value is -0.480. The highest BCUT2D eigenvalue weighted by atomic mass is 35.5. The summed E-state index contributed by atoms with van der Waals surface area (Å²) in [5.41, 5.74) is 0. The minimum absolute atomic E-state index is 0.212. The molecule has 0 amide bonds. The van der Waals surface area contributed by atoms with Gasteiger partial charge in [0.1, 0.15) is 0 Å². The number of ether oxygens (including phenoxy) is 2. The van der Waals surface area contributed by atoms with Crippen molar-refractivity contribution in [1.29, 1.82) is 0 Å². The first kappa shape index (κ1) is 17.5. The van der Waals surface area contributed by atoms with Crippen LogP contribution in [-0.4, -0.2) is 35.9 Å². The molecule has 0 bridgehead atoms. The van der Waals surface area contributed by atoms with Crippen LogP contribution in [-0.2, 0) is 19.1 Å². The molecule has 0 aliphatic heterocycles. The molecule has 0 rings (SSSR count). The monoisotopic (exact) mass is 298 g/mol. The number of esters is 2. The summed E-state index contributed by atoms with van der Waals surface area (Å²) in [4.78, 5) is 22.2. The molecule has 0 heterocycles. The van der Waals surface area contributed by atoms with E-state index in [1.165, 1.54) is 0 Å². The van der Waals surface area contributed by atoms with E-state index in [2.05, 4.69) is 0 Å². The van der Waals surface area contributed by atoms with Gasteiger partial charge in [-0.2, -0.15) is 0 Å². The van der Waals surface area contributed by atoms with Gasteiger partial charge in [-0.1, -0.05) is 0 Å². The van der Waals surface area contributed by atoms with Crippen LogP contribution in [0.1, 0.15) is 39.5 Å². The zero-order chi connectivity index (χ0) is 14.0. The van der Waals surface area contributed by atoms with E-state index >= 15 is 0 Å². The molecule has 0 aromatic rings. The predicted molar refractivity (Wildman–Crippen MR) is 71.0 cm³/mol. The van der Waals surface area contributed by atoms with Gasteiger partial charge in [0.05, 0.1) is 26.1 Å². The highest BCUT2D eigenvalue weighted by molar-refractivity contribution is 6.21. The molecule has 0 saturated carbocycles. The Kier molecular flexibility index (Phi) is 10.2. The summed E-state index contributed by atoms with van der Waals surface area (Å²) in [7, 11) is 0. The first-order valence-corrected chi connectivity index (χ1v) is 6.88. The molecule has 6 heteroatoms. The van der Waals surface area contributed by atoms with Gasteiger partial charge in [-0.05, 0) is 26.7 Å². The summed E-state index contributed by atoms with van der Waals surface area (Å²) in [6, 6.07) is 0. The molecule has 0 fully saturated rings. The Labute approximate surface area is 118 Å². The van der Waals surface area contributed by atoms with Crippen molar-refractivity contribution in [3.63, 3.8) is 0 Å². The quantitative estimate of drug-likeness (QED) is 0.373. The molecular weight excluding hydrogens is 279 g/mol. The third-order valence-corrected chi connectivity index (χ3v) is 2.27. The summed E-state index contributed by atoms with van der Waals surface area (Å²) in [5.74, 6) is -0.601. The Morgan fingerprint density at radius 3 is 1.50 bits per heavy atom. The van der Waals surface area contributed by atoms with Crippen LogP contribution in [0.5, 0.6) is 0 Å². The van der Waals surface area contributed by atoms with Gasteiger partial charge in [-0.15, -0.1) is 23.2 Å². The largest absolute Gasteiger partial charge is 0.466 e. The van der Waals surface area contributed by atoms with E-state index in [1.54, 1.807) is 13.8 Å². The number of carbonyl (C=O) groups excluding carboxylic acids is 2. The molecule has 2 unspecified atom stereocenters. The van der Waals surface area contributed by atoms with Gasteiger partial charge in [-0.3, -0.25) is 9.59 Å². The van der Waals surface area contributed by atoms with E-state index in [-0.39, 0.29) is 35.5 Å². The van der Waals surface area contributed by atoms with Gasteiger partial charge in [0, 0.05) is 10.8 Å². The molecule has 106 valence electrons. The van der Waals surface area contributed by atoms with Crippen molar-refractivity contribution in [2.45, 2.75) is 50.3 Å². The fraction of sp³-hybridized carbons (Fsp3) is 0.833. The number of hydrogen-bond donors (Lipinski definition) is 0. The van der Waals surface area contributed by atoms with Crippen LogP contribution < -0.4 is 0 Å². The Morgan fingerprint density at radius 1 is 0.889 bits per heavy atom. The third-order valence-electron chi connectivity index (χ3n) is 1.96. The smallest absolute Gasteiger partial charge is 0.307 e. The predicted octanol–water partition coefficient (Wildman–Crippen LogP) is 2.89. The Balaban J connectivity index is 3.36. The van der Waals surface area contributed by atoms with Crippen LogP contribution >= 0.6 is 23.2 Å². The first-order valence-electron chi connectivity index (χ1n) is 6.01. The van der Waals surface area contributed by atoms with Gasteiger partial charge < -0.3 is 9.47 Å². The highest BCUT2D eigenvalue weighted by Gasteiger charge is 2.08. The third kappa shape index (κ3) is 12.0. The number of halogens is 2. The second-order valence-electron chi connectivity index (χ2n) is 4.12. The zero-order valence-corrected chi connectivity index (χ0v) is 12.3. The van der Waals surface area contributed by atoms with E-state index in [4.69, 9.17) is 32.7 Å². The fourth-order valence-electron chi connectivity index (χ4n) is 1.15. The second-order valence-corrected chi connectivity index (χ2v) is 5.61. The second kappa shape index (κ2) is 10.4. The van der Waals surface area contributed by atoms with Gasteiger partial charge in [0.15, 0.2) is 0 Å². The van der Waals surface area contributed by atoms with Crippen LogP contribution in [0.2, 0.25) is 0 Å². The van der Waals surface area contributed by atoms with E-state index in [0.717, 1.165) is 0 Å². The maximum Gasteiger partial charge on any atom is 0.307 e. The number of carbonyl (C=O) groups is 2. The number of rotatable bonds is 9. The maximum absolute atomic E-state index is 11.1. The average Bonchev–Trinajstić information content (AvgIpc) is 2.20. The Bertz CT molecular complexity index is 228. The van der Waals surface area contributed by atoms with Gasteiger partial charge in [-0.25, -0.2) is 0 Å². The van der Waals surface area contributed by atoms with Crippen LogP contribution in [0, 0.1) is 0 Å². The summed E-state index contributed by atoms with van der Waals surface area (Å²) < 4.78 is 9.88. The lowest BCUT2D eigenvalue weighted by Gasteiger charge is -2.07. The minimum atomic E-state index is -0.301. The summed E-state index contributed by atoms with van der Waals surface area (Å²) >= 11 is 11.3. The molecular formula is C12H20Cl2O4. The van der Waals surface area contributed by atoms with Crippen molar-refractivity contribution in [3.8, 4) is 0 Å². The van der Waals surface area contributed by atoms with Crippen LogP contribution in [0.15, 0.2) is 0 Å². The van der Waals surface area contributed by atoms with Crippen LogP contribution in [0.3, 0.4) is 0 Å². The van der Waals surface area contributed by atoms with Gasteiger partial charge in [0.25, 0.3) is 0 Å². The average molecular weight is 299 g/mol. The molecule has 0 aromatic carbocycles. The van der Waals surface area contributed by atoms with Crippen molar-refractivity contribution in [2.24, 2.45) is 0 Å². The lowest BCUT2D eigenvalue weighted by atomic mass is 10.3. The molecule has 0 aliphatic carbocycles. The summed E-state index contributed by atoms with van der Waals surface area (Å²) in [6.07, 6.45) is 1.74. The first-order chi connectivity index (χ1) is 8.41. The highest BCUT2D eigenvalue weighted by Crippen LogP contribution is 2.04. The zero-order valence-electron chi connectivity index (χ0n) is 10.8. The molecule has 2 atom stereocenters. The molecule has 0 saturated heterocycles. The number of unbranched alkanes of at least 4 members (excludes halogenated alkanes) is 1. The van der Waals surface area contributed by atoms with Crippen molar-refractivity contribution in [2.75, 3.05) is 13.2 Å². The van der Waals surface area contributed by atoms with Crippen LogP contribution in [0.25, 0.3) is 0 Å². The molecule has 4 nitrogen and oxygen atoms in total. The van der Waals surface area contributed by atoms with E-state index < -0.39 is 0 Å². The lowest BCUT2D eigenvalue weighted by molar-refractivity contribution is -0.146. The van der Waals surface area contributed by atoms with E-state index in [9.17, 15) is 9.59 Å².